The molecule has 0 unspecified atom stereocenters. The fraction of sp³-hybridized carbons (Fsp3) is 0.0714. The van der Waals surface area contributed by atoms with Gasteiger partial charge in [0.25, 0.3) is 0 Å². The monoisotopic (exact) mass is 299 g/mol. The average Bonchev–Trinajstić information content (AvgIpc) is 3.18. The van der Waals surface area contributed by atoms with Crippen LogP contribution in [0.5, 0.6) is 0 Å². The number of nitrogens with zero attached hydrogens (tertiary/aromatic N) is 4. The van der Waals surface area contributed by atoms with Crippen molar-refractivity contribution in [3.8, 4) is 0 Å². The van der Waals surface area contributed by atoms with Gasteiger partial charge in [-0.05, 0) is 34.0 Å². The normalized spacial score (nSPS) is 17.0. The van der Waals surface area contributed by atoms with Crippen molar-refractivity contribution in [2.45, 2.75) is 6.04 Å². The van der Waals surface area contributed by atoms with E-state index in [0.717, 1.165) is 10.6 Å². The zero-order chi connectivity index (χ0) is 14.2. The second-order valence-electron chi connectivity index (χ2n) is 4.60. The second-order valence-corrected chi connectivity index (χ2v) is 5.54. The highest BCUT2D eigenvalue weighted by Gasteiger charge is 2.26. The molecule has 7 heteroatoms. The van der Waals surface area contributed by atoms with Crippen molar-refractivity contribution >= 4 is 23.0 Å². The molecule has 1 aliphatic heterocycles. The van der Waals surface area contributed by atoms with Crippen LogP contribution in [-0.4, -0.2) is 20.2 Å². The minimum atomic E-state index is -0.366. The third kappa shape index (κ3) is 2.02. The topological polar surface area (TPSA) is 55.6 Å². The molecule has 0 saturated carbocycles. The Hall–Kier alpha value is -2.54. The Morgan fingerprint density at radius 1 is 1.19 bits per heavy atom. The summed E-state index contributed by atoms with van der Waals surface area (Å²) >= 11 is 1.61. The summed E-state index contributed by atoms with van der Waals surface area (Å²) in [5.41, 5.74) is 1.43. The second kappa shape index (κ2) is 4.78. The Bertz CT molecular complexity index is 808. The van der Waals surface area contributed by atoms with E-state index in [2.05, 4.69) is 20.8 Å². The number of fused-ring (bicyclic) bond motifs is 1. The molecule has 4 rings (SSSR count). The fourth-order valence-corrected chi connectivity index (χ4v) is 3.07. The Morgan fingerprint density at radius 2 is 2.10 bits per heavy atom. The van der Waals surface area contributed by atoms with Crippen LogP contribution < -0.4 is 5.32 Å². The van der Waals surface area contributed by atoms with Gasteiger partial charge in [0, 0.05) is 5.56 Å². The molecule has 21 heavy (non-hydrogen) atoms. The van der Waals surface area contributed by atoms with Gasteiger partial charge < -0.3 is 5.32 Å². The number of thiophene rings is 1. The summed E-state index contributed by atoms with van der Waals surface area (Å²) in [5, 5.41) is 16.8. The Kier molecular flexibility index (Phi) is 2.78. The number of aromatic nitrogens is 4. The molecular weight excluding hydrogens is 289 g/mol. The molecule has 0 radical (unpaired) electrons. The van der Waals surface area contributed by atoms with E-state index in [9.17, 15) is 4.39 Å². The quantitative estimate of drug-likeness (QED) is 0.790. The first-order valence-corrected chi connectivity index (χ1v) is 7.26. The number of benzene rings is 1. The van der Waals surface area contributed by atoms with Gasteiger partial charge >= 0.3 is 0 Å². The van der Waals surface area contributed by atoms with Crippen LogP contribution >= 0.6 is 11.3 Å². The number of rotatable bonds is 2. The summed E-state index contributed by atoms with van der Waals surface area (Å²) in [6.07, 6.45) is 1.94. The molecule has 1 atom stereocenters. The molecule has 0 bridgehead atoms. The van der Waals surface area contributed by atoms with Crippen LogP contribution in [-0.2, 0) is 0 Å². The first-order chi connectivity index (χ1) is 10.3. The lowest BCUT2D eigenvalue weighted by Crippen LogP contribution is -2.20. The largest absolute Gasteiger partial charge is 0.322 e. The van der Waals surface area contributed by atoms with Crippen LogP contribution in [0.25, 0.3) is 5.70 Å². The van der Waals surface area contributed by atoms with Crippen molar-refractivity contribution in [1.82, 2.24) is 20.2 Å². The molecule has 1 aliphatic rings. The molecule has 0 saturated heterocycles. The minimum absolute atomic E-state index is 0.271. The molecule has 1 aromatic carbocycles. The van der Waals surface area contributed by atoms with E-state index in [1.807, 2.05) is 29.7 Å². The first-order valence-electron chi connectivity index (χ1n) is 6.38. The van der Waals surface area contributed by atoms with E-state index in [4.69, 9.17) is 0 Å². The predicted octanol–water partition coefficient (Wildman–Crippen LogP) is 2.93. The maximum absolute atomic E-state index is 14.1. The van der Waals surface area contributed by atoms with E-state index in [1.165, 1.54) is 6.07 Å². The lowest BCUT2D eigenvalue weighted by molar-refractivity contribution is 0.540. The maximum atomic E-state index is 14.1. The number of hydrogen-bond donors (Lipinski definition) is 1. The van der Waals surface area contributed by atoms with Crippen LogP contribution in [0.2, 0.25) is 0 Å². The summed E-state index contributed by atoms with van der Waals surface area (Å²) in [6.45, 7) is 0. The van der Waals surface area contributed by atoms with Gasteiger partial charge in [0.1, 0.15) is 11.9 Å². The number of hydrogen-bond acceptors (Lipinski definition) is 5. The van der Waals surface area contributed by atoms with Crippen LogP contribution in [0.3, 0.4) is 0 Å². The molecule has 0 fully saturated rings. The lowest BCUT2D eigenvalue weighted by atomic mass is 10.0. The summed E-state index contributed by atoms with van der Waals surface area (Å²) < 4.78 is 15.7. The number of anilines is 1. The molecule has 5 nitrogen and oxygen atoms in total. The van der Waals surface area contributed by atoms with Gasteiger partial charge in [-0.2, -0.15) is 4.68 Å². The summed E-state index contributed by atoms with van der Waals surface area (Å²) in [6, 6.07) is 10.3. The zero-order valence-corrected chi connectivity index (χ0v) is 11.6. The molecule has 0 amide bonds. The van der Waals surface area contributed by atoms with Crippen molar-refractivity contribution in [3.63, 3.8) is 0 Å². The van der Waals surface area contributed by atoms with Gasteiger partial charge in [-0.25, -0.2) is 4.39 Å². The van der Waals surface area contributed by atoms with Gasteiger partial charge in [0.2, 0.25) is 5.95 Å². The van der Waals surface area contributed by atoms with Crippen molar-refractivity contribution < 1.29 is 4.39 Å². The Morgan fingerprint density at radius 3 is 2.90 bits per heavy atom. The molecule has 3 aromatic rings. The third-order valence-corrected chi connectivity index (χ3v) is 4.24. The number of tetrazole rings is 1. The average molecular weight is 299 g/mol. The number of allylic oxidation sites excluding steroid dienone is 1. The molecule has 2 aromatic heterocycles. The summed E-state index contributed by atoms with van der Waals surface area (Å²) in [5.74, 6) is 0.238. The van der Waals surface area contributed by atoms with Crippen LogP contribution in [0.15, 0.2) is 47.9 Å². The molecule has 3 heterocycles. The van der Waals surface area contributed by atoms with Gasteiger partial charge in [0.05, 0.1) is 10.6 Å². The van der Waals surface area contributed by atoms with Gasteiger partial charge in [0.15, 0.2) is 0 Å². The lowest BCUT2D eigenvalue weighted by Gasteiger charge is -2.23. The van der Waals surface area contributed by atoms with E-state index >= 15 is 0 Å². The van der Waals surface area contributed by atoms with Gasteiger partial charge in [-0.1, -0.05) is 29.4 Å². The van der Waals surface area contributed by atoms with Crippen molar-refractivity contribution in [1.29, 1.82) is 0 Å². The summed E-state index contributed by atoms with van der Waals surface area (Å²) in [4.78, 5) is 1.06. The Balaban J connectivity index is 1.87. The van der Waals surface area contributed by atoms with Crippen LogP contribution in [0, 0.1) is 5.82 Å². The van der Waals surface area contributed by atoms with Crippen molar-refractivity contribution in [3.05, 3.63) is 64.1 Å². The molecule has 0 spiro atoms. The van der Waals surface area contributed by atoms with E-state index in [-0.39, 0.29) is 11.9 Å². The van der Waals surface area contributed by atoms with Crippen molar-refractivity contribution in [2.75, 3.05) is 5.32 Å². The molecule has 104 valence electrons. The van der Waals surface area contributed by atoms with E-state index in [1.54, 1.807) is 28.2 Å². The molecule has 0 aliphatic carbocycles. The SMILES string of the molecule is Fc1ccccc1[C@H]1C=C(c2cccs2)Nc2nnnn21. The highest BCUT2D eigenvalue weighted by atomic mass is 32.1. The highest BCUT2D eigenvalue weighted by Crippen LogP contribution is 2.33. The number of halogens is 1. The van der Waals surface area contributed by atoms with Crippen LogP contribution in [0.4, 0.5) is 10.3 Å². The van der Waals surface area contributed by atoms with Gasteiger partial charge in [-0.15, -0.1) is 11.3 Å². The van der Waals surface area contributed by atoms with Crippen molar-refractivity contribution in [2.24, 2.45) is 0 Å². The van der Waals surface area contributed by atoms with E-state index < -0.39 is 0 Å². The fourth-order valence-electron chi connectivity index (χ4n) is 2.37. The molecule has 1 N–H and O–H groups in total. The van der Waals surface area contributed by atoms with E-state index in [0.29, 0.717) is 11.5 Å². The molecular formula is C14H10FN5S. The third-order valence-electron chi connectivity index (χ3n) is 3.34. The first kappa shape index (κ1) is 12.2. The van der Waals surface area contributed by atoms with Gasteiger partial charge in [-0.3, -0.25) is 0 Å². The Labute approximate surface area is 123 Å². The predicted molar refractivity (Wildman–Crippen MR) is 78.3 cm³/mol. The van der Waals surface area contributed by atoms with Crippen LogP contribution in [0.1, 0.15) is 16.5 Å². The minimum Gasteiger partial charge on any atom is -0.322 e. The maximum Gasteiger partial charge on any atom is 0.248 e. The smallest absolute Gasteiger partial charge is 0.248 e. The standard InChI is InChI=1S/C14H10FN5S/c15-10-5-2-1-4-9(10)12-8-11(13-6-3-7-21-13)16-14-17-18-19-20(12)14/h1-8,12H,(H,16,17,19)/t12-/m1/s1. The summed E-state index contributed by atoms with van der Waals surface area (Å²) in [7, 11) is 0. The number of nitrogens with one attached hydrogen (secondary N) is 1. The zero-order valence-electron chi connectivity index (χ0n) is 10.8. The highest BCUT2D eigenvalue weighted by molar-refractivity contribution is 7.11.